The Morgan fingerprint density at radius 3 is 1.50 bits per heavy atom. The second-order valence-electron chi connectivity index (χ2n) is 4.30. The van der Waals surface area contributed by atoms with Crippen LogP contribution in [0.4, 0.5) is 0 Å². The number of carbonyl (C=O) groups excluding carboxylic acids is 1. The van der Waals surface area contributed by atoms with E-state index >= 15 is 0 Å². The van der Waals surface area contributed by atoms with E-state index in [1.807, 2.05) is 6.92 Å². The van der Waals surface area contributed by atoms with Crippen LogP contribution in [0.3, 0.4) is 0 Å². The van der Waals surface area contributed by atoms with Crippen molar-refractivity contribution in [2.24, 2.45) is 0 Å². The molecule has 0 unspecified atom stereocenters. The van der Waals surface area contributed by atoms with Gasteiger partial charge in [0, 0.05) is 23.5 Å². The third-order valence-corrected chi connectivity index (χ3v) is 2.72. The quantitative estimate of drug-likeness (QED) is 0.402. The van der Waals surface area contributed by atoms with Crippen LogP contribution in [0.1, 0.15) is 77.6 Å². The van der Waals surface area contributed by atoms with E-state index in [1.54, 1.807) is 0 Å². The Hall–Kier alpha value is 0.189. The molecule has 0 spiro atoms. The smallest absolute Gasteiger partial charge is 0.119 e. The molecule has 0 aromatic heterocycles. The van der Waals surface area contributed by atoms with E-state index < -0.39 is 0 Å². The van der Waals surface area contributed by atoms with Gasteiger partial charge in [-0.05, 0) is 6.42 Å². The topological polar surface area (TPSA) is 17.1 Å². The van der Waals surface area contributed by atoms with Gasteiger partial charge in [-0.25, -0.2) is 0 Å². The first-order chi connectivity index (χ1) is 7.41. The zero-order chi connectivity index (χ0) is 11.2. The van der Waals surface area contributed by atoms with Crippen molar-refractivity contribution in [1.29, 1.82) is 0 Å². The second-order valence-corrected chi connectivity index (χ2v) is 4.30. The first-order valence-electron chi connectivity index (χ1n) is 6.67. The summed E-state index contributed by atoms with van der Waals surface area (Å²) in [5.74, 6) is 0. The minimum atomic E-state index is 0. The predicted molar refractivity (Wildman–Crippen MR) is 66.8 cm³/mol. The third-order valence-electron chi connectivity index (χ3n) is 2.72. The summed E-state index contributed by atoms with van der Waals surface area (Å²) in [6.07, 6.45) is 18.1. The van der Waals surface area contributed by atoms with Gasteiger partial charge in [0.1, 0.15) is 6.29 Å². The van der Waals surface area contributed by atoms with E-state index in [0.717, 1.165) is 12.7 Å². The molecule has 0 aliphatic heterocycles. The molecule has 0 bridgehead atoms. The normalized spacial score (nSPS) is 17.3. The van der Waals surface area contributed by atoms with Crippen molar-refractivity contribution in [2.75, 3.05) is 0 Å². The third kappa shape index (κ3) is 16.6. The molecule has 98 valence electrons. The average molecular weight is 267 g/mol. The molecule has 0 amide bonds. The molecular weight excluding hydrogens is 240 g/mol. The molecule has 0 N–H and O–H groups in total. The van der Waals surface area contributed by atoms with Gasteiger partial charge in [0.05, 0.1) is 0 Å². The molecule has 0 atom stereocenters. The van der Waals surface area contributed by atoms with E-state index in [9.17, 15) is 4.79 Å². The number of hydrogen-bond acceptors (Lipinski definition) is 1. The summed E-state index contributed by atoms with van der Waals surface area (Å²) < 4.78 is 0. The molecule has 0 aromatic carbocycles. The van der Waals surface area contributed by atoms with Gasteiger partial charge in [-0.15, -0.1) is 0 Å². The van der Waals surface area contributed by atoms with E-state index in [0.29, 0.717) is 6.42 Å². The molecule has 0 aromatic rings. The van der Waals surface area contributed by atoms with Crippen molar-refractivity contribution in [3.63, 3.8) is 0 Å². The Balaban J connectivity index is 0. The van der Waals surface area contributed by atoms with Crippen LogP contribution in [-0.4, -0.2) is 6.29 Å². The molecule has 1 nitrogen and oxygen atoms in total. The molecule has 2 rings (SSSR count). The summed E-state index contributed by atoms with van der Waals surface area (Å²) in [6.45, 7) is 1.98. The van der Waals surface area contributed by atoms with Gasteiger partial charge in [-0.2, -0.15) is 12.8 Å². The van der Waals surface area contributed by atoms with Gasteiger partial charge >= 0.3 is 0 Å². The van der Waals surface area contributed by atoms with Crippen LogP contribution in [0.2, 0.25) is 0 Å². The maximum Gasteiger partial charge on any atom is 0.119 e. The number of hydrogen-bond donors (Lipinski definition) is 0. The average Bonchev–Trinajstić information content (AvgIpc) is 2.99. The monoisotopic (exact) mass is 267 g/mol. The van der Waals surface area contributed by atoms with Crippen LogP contribution in [-0.2, 0) is 21.9 Å². The van der Waals surface area contributed by atoms with Crippen molar-refractivity contribution < 1.29 is 21.9 Å². The van der Waals surface area contributed by atoms with Crippen molar-refractivity contribution >= 4 is 6.29 Å². The Kier molecular flexibility index (Phi) is 20.4. The Labute approximate surface area is 112 Å². The maximum absolute atomic E-state index is 9.40. The maximum atomic E-state index is 9.40. The van der Waals surface area contributed by atoms with Gasteiger partial charge in [-0.1, -0.05) is 51.9 Å². The standard InChI is InChI=1S/C5H10.C5H9.C4H8O.Fe/c2*1-2-4-5-3-1;1-2-3-4-5;/h1-5H2;1H,2-5H2;4H,2-3H2,1H3;/q;-1;;. The molecule has 0 radical (unpaired) electrons. The summed E-state index contributed by atoms with van der Waals surface area (Å²) in [5.41, 5.74) is 0. The van der Waals surface area contributed by atoms with Crippen LogP contribution in [0.15, 0.2) is 0 Å². The molecular formula is C14H27FeO-. The Morgan fingerprint density at radius 2 is 1.38 bits per heavy atom. The van der Waals surface area contributed by atoms with Gasteiger partial charge in [0.25, 0.3) is 0 Å². The van der Waals surface area contributed by atoms with Crippen molar-refractivity contribution in [2.45, 2.75) is 77.6 Å². The van der Waals surface area contributed by atoms with Crippen LogP contribution in [0.5, 0.6) is 0 Å². The molecule has 0 heterocycles. The fourth-order valence-electron chi connectivity index (χ4n) is 1.72. The molecule has 2 saturated carbocycles. The summed E-state index contributed by atoms with van der Waals surface area (Å²) in [4.78, 5) is 9.40. The van der Waals surface area contributed by atoms with Crippen LogP contribution < -0.4 is 0 Å². The summed E-state index contributed by atoms with van der Waals surface area (Å²) in [6, 6.07) is 0. The molecule has 2 aliphatic carbocycles. The molecule has 0 saturated heterocycles. The molecule has 2 aliphatic rings. The molecule has 2 heteroatoms. The number of aldehydes is 1. The van der Waals surface area contributed by atoms with E-state index in [1.165, 1.54) is 57.8 Å². The van der Waals surface area contributed by atoms with E-state index in [-0.39, 0.29) is 17.1 Å². The number of rotatable bonds is 2. The summed E-state index contributed by atoms with van der Waals surface area (Å²) in [5, 5.41) is 0. The van der Waals surface area contributed by atoms with Crippen molar-refractivity contribution in [1.82, 2.24) is 0 Å². The fourth-order valence-corrected chi connectivity index (χ4v) is 1.72. The van der Waals surface area contributed by atoms with Gasteiger partial charge in [0.2, 0.25) is 0 Å². The van der Waals surface area contributed by atoms with E-state index in [2.05, 4.69) is 6.42 Å². The minimum absolute atomic E-state index is 0. The van der Waals surface area contributed by atoms with Gasteiger partial charge in [0.15, 0.2) is 0 Å². The Bertz CT molecular complexity index is 92.7. The fraction of sp³-hybridized carbons (Fsp3) is 0.857. The largest absolute Gasteiger partial charge is 0.328 e. The van der Waals surface area contributed by atoms with Crippen LogP contribution in [0, 0.1) is 6.42 Å². The molecule has 16 heavy (non-hydrogen) atoms. The van der Waals surface area contributed by atoms with E-state index in [4.69, 9.17) is 0 Å². The van der Waals surface area contributed by atoms with Gasteiger partial charge < -0.3 is 11.2 Å². The predicted octanol–water partition coefficient (Wildman–Crippen LogP) is 4.70. The van der Waals surface area contributed by atoms with Crippen molar-refractivity contribution in [3.05, 3.63) is 6.42 Å². The van der Waals surface area contributed by atoms with Crippen LogP contribution in [0.25, 0.3) is 0 Å². The second kappa shape index (κ2) is 17.6. The van der Waals surface area contributed by atoms with Gasteiger partial charge in [-0.3, -0.25) is 0 Å². The van der Waals surface area contributed by atoms with Crippen molar-refractivity contribution in [3.8, 4) is 0 Å². The summed E-state index contributed by atoms with van der Waals surface area (Å²) in [7, 11) is 0. The number of carbonyl (C=O) groups is 1. The number of unbranched alkanes of at least 4 members (excludes halogenated alkanes) is 1. The SMILES string of the molecule is C1CCCC1.CCCC=O.[CH-]1CCCC1.[Fe]. The van der Waals surface area contributed by atoms with Crippen LogP contribution >= 0.6 is 0 Å². The molecule has 2 fully saturated rings. The first-order valence-corrected chi connectivity index (χ1v) is 6.67. The Morgan fingerprint density at radius 1 is 0.938 bits per heavy atom. The zero-order valence-electron chi connectivity index (χ0n) is 10.7. The summed E-state index contributed by atoms with van der Waals surface area (Å²) >= 11 is 0. The minimum Gasteiger partial charge on any atom is -0.328 e. The first kappa shape index (κ1) is 18.6. The zero-order valence-corrected chi connectivity index (χ0v) is 11.8.